The smallest absolute Gasteiger partial charge is 0.294 e. The molecule has 0 bridgehead atoms. The highest BCUT2D eigenvalue weighted by Crippen LogP contribution is 2.16. The number of carbonyl (C=O) groups is 1. The molecule has 3 N–H and O–H groups in total. The van der Waals surface area contributed by atoms with Crippen molar-refractivity contribution in [2.24, 2.45) is 0 Å². The third-order valence-corrected chi connectivity index (χ3v) is 4.74. The van der Waals surface area contributed by atoms with E-state index < -0.39 is 16.0 Å². The average Bonchev–Trinajstić information content (AvgIpc) is 2.60. The fraction of sp³-hybridized carbons (Fsp3) is 0.375. The molecular formula is C16H20N4O5S. The Bertz CT molecular complexity index is 823. The summed E-state index contributed by atoms with van der Waals surface area (Å²) < 4.78 is 31.3. The Morgan fingerprint density at radius 2 is 2.00 bits per heavy atom. The van der Waals surface area contributed by atoms with Gasteiger partial charge < -0.3 is 15.3 Å². The van der Waals surface area contributed by atoms with Gasteiger partial charge in [0.15, 0.2) is 0 Å². The average molecular weight is 380 g/mol. The Balaban J connectivity index is 2.04. The summed E-state index contributed by atoms with van der Waals surface area (Å²) in [5, 5.41) is 20.6. The Hall–Kier alpha value is -2.45. The van der Waals surface area contributed by atoms with E-state index in [1.165, 1.54) is 24.4 Å². The van der Waals surface area contributed by atoms with Gasteiger partial charge >= 0.3 is 0 Å². The first-order valence-corrected chi connectivity index (χ1v) is 9.35. The monoisotopic (exact) mass is 380 g/mol. The predicted octanol–water partition coefficient (Wildman–Crippen LogP) is -0.111. The van der Waals surface area contributed by atoms with Gasteiger partial charge in [0.1, 0.15) is 11.6 Å². The first-order chi connectivity index (χ1) is 12.3. The highest BCUT2D eigenvalue weighted by atomic mass is 32.2. The SMILES string of the molecule is N#C/C(=C/N1CCN(CCO)CC1)C(=O)Nc1cccc(S(=O)(=O)O)c1. The maximum atomic E-state index is 12.3. The van der Waals surface area contributed by atoms with E-state index in [1.807, 2.05) is 11.0 Å². The predicted molar refractivity (Wildman–Crippen MR) is 93.7 cm³/mol. The molecule has 0 unspecified atom stereocenters. The van der Waals surface area contributed by atoms with Crippen LogP contribution in [0.3, 0.4) is 0 Å². The molecule has 0 atom stereocenters. The number of aliphatic hydroxyl groups is 1. The molecule has 1 aromatic carbocycles. The summed E-state index contributed by atoms with van der Waals surface area (Å²) in [4.78, 5) is 15.8. The summed E-state index contributed by atoms with van der Waals surface area (Å²) in [7, 11) is -4.38. The summed E-state index contributed by atoms with van der Waals surface area (Å²) in [6.07, 6.45) is 1.47. The van der Waals surface area contributed by atoms with Gasteiger partial charge in [0, 0.05) is 44.6 Å². The van der Waals surface area contributed by atoms with Gasteiger partial charge in [-0.1, -0.05) is 6.07 Å². The lowest BCUT2D eigenvalue weighted by atomic mass is 10.2. The first kappa shape index (κ1) is 19.9. The molecule has 0 aliphatic carbocycles. The third kappa shape index (κ3) is 5.53. The minimum atomic E-state index is -4.38. The van der Waals surface area contributed by atoms with Crippen LogP contribution in [0.4, 0.5) is 5.69 Å². The van der Waals surface area contributed by atoms with Crippen LogP contribution in [0, 0.1) is 11.3 Å². The van der Waals surface area contributed by atoms with Crippen LogP contribution < -0.4 is 5.32 Å². The number of β-amino-alcohol motifs (C(OH)–C–C–N with tert-alkyl or cyclic N) is 1. The number of anilines is 1. The third-order valence-electron chi connectivity index (χ3n) is 3.89. The van der Waals surface area contributed by atoms with Crippen LogP contribution in [0.15, 0.2) is 40.9 Å². The van der Waals surface area contributed by atoms with Crippen LogP contribution in [0.1, 0.15) is 0 Å². The number of nitrogens with one attached hydrogen (secondary N) is 1. The summed E-state index contributed by atoms with van der Waals surface area (Å²) in [5.74, 6) is -0.669. The minimum Gasteiger partial charge on any atom is -0.395 e. The van der Waals surface area contributed by atoms with Gasteiger partial charge in [0.05, 0.1) is 11.5 Å². The summed E-state index contributed by atoms with van der Waals surface area (Å²) in [6, 6.07) is 6.96. The number of piperazine rings is 1. The zero-order valence-electron chi connectivity index (χ0n) is 14.0. The molecular weight excluding hydrogens is 360 g/mol. The Kier molecular flexibility index (Phi) is 6.70. The van der Waals surface area contributed by atoms with E-state index in [4.69, 9.17) is 9.66 Å². The molecule has 140 valence electrons. The molecule has 0 spiro atoms. The second-order valence-electron chi connectivity index (χ2n) is 5.71. The van der Waals surface area contributed by atoms with Crippen LogP contribution >= 0.6 is 0 Å². The number of hydrogen-bond donors (Lipinski definition) is 3. The first-order valence-electron chi connectivity index (χ1n) is 7.91. The molecule has 1 saturated heterocycles. The molecule has 0 aromatic heterocycles. The van der Waals surface area contributed by atoms with Gasteiger partial charge in [-0.2, -0.15) is 13.7 Å². The van der Waals surface area contributed by atoms with E-state index in [9.17, 15) is 18.5 Å². The molecule has 0 saturated carbocycles. The number of nitriles is 1. The highest BCUT2D eigenvalue weighted by molar-refractivity contribution is 7.85. The van der Waals surface area contributed by atoms with E-state index >= 15 is 0 Å². The molecule has 1 aliphatic rings. The largest absolute Gasteiger partial charge is 0.395 e. The van der Waals surface area contributed by atoms with Crippen molar-refractivity contribution >= 4 is 21.7 Å². The number of rotatable bonds is 6. The second-order valence-corrected chi connectivity index (χ2v) is 7.13. The topological polar surface area (TPSA) is 134 Å². The number of nitrogens with zero attached hydrogens (tertiary/aromatic N) is 3. The molecule has 0 radical (unpaired) electrons. The maximum Gasteiger partial charge on any atom is 0.294 e. The fourth-order valence-electron chi connectivity index (χ4n) is 2.51. The molecule has 2 rings (SSSR count). The van der Waals surface area contributed by atoms with E-state index in [-0.39, 0.29) is 22.8 Å². The van der Waals surface area contributed by atoms with Crippen molar-refractivity contribution in [1.82, 2.24) is 9.80 Å². The molecule has 1 aromatic rings. The molecule has 1 amide bonds. The lowest BCUT2D eigenvalue weighted by Gasteiger charge is -2.33. The van der Waals surface area contributed by atoms with Crippen molar-refractivity contribution in [3.63, 3.8) is 0 Å². The molecule has 1 fully saturated rings. The van der Waals surface area contributed by atoms with Crippen LogP contribution in [0.2, 0.25) is 0 Å². The quantitative estimate of drug-likeness (QED) is 0.354. The van der Waals surface area contributed by atoms with Crippen LogP contribution in [0.5, 0.6) is 0 Å². The van der Waals surface area contributed by atoms with Crippen molar-refractivity contribution in [1.29, 1.82) is 5.26 Å². The Morgan fingerprint density at radius 1 is 1.31 bits per heavy atom. The normalized spacial score (nSPS) is 16.2. The van der Waals surface area contributed by atoms with Gasteiger partial charge in [0.2, 0.25) is 0 Å². The molecule has 1 aliphatic heterocycles. The summed E-state index contributed by atoms with van der Waals surface area (Å²) in [5.41, 5.74) is 0.0388. The molecule has 9 nitrogen and oxygen atoms in total. The van der Waals surface area contributed by atoms with Gasteiger partial charge in [-0.05, 0) is 18.2 Å². The van der Waals surface area contributed by atoms with Crippen molar-refractivity contribution in [2.75, 3.05) is 44.6 Å². The minimum absolute atomic E-state index is 0.0876. The van der Waals surface area contributed by atoms with Gasteiger partial charge in [-0.3, -0.25) is 14.2 Å². The zero-order chi connectivity index (χ0) is 19.2. The van der Waals surface area contributed by atoms with Crippen molar-refractivity contribution in [3.05, 3.63) is 36.0 Å². The van der Waals surface area contributed by atoms with Gasteiger partial charge in [-0.15, -0.1) is 0 Å². The second kappa shape index (κ2) is 8.77. The van der Waals surface area contributed by atoms with Crippen molar-refractivity contribution in [2.45, 2.75) is 4.90 Å². The van der Waals surface area contributed by atoms with Crippen LogP contribution in [-0.4, -0.2) is 73.1 Å². The number of amides is 1. The molecule has 1 heterocycles. The number of benzene rings is 1. The zero-order valence-corrected chi connectivity index (χ0v) is 14.8. The van der Waals surface area contributed by atoms with Crippen LogP contribution in [0.25, 0.3) is 0 Å². The number of carbonyl (C=O) groups excluding carboxylic acids is 1. The van der Waals surface area contributed by atoms with E-state index in [1.54, 1.807) is 0 Å². The Labute approximate surface area is 151 Å². The lowest BCUT2D eigenvalue weighted by molar-refractivity contribution is -0.112. The standard InChI is InChI=1S/C16H20N4O5S/c17-11-13(12-20-6-4-19(5-7-20)8-9-21)16(22)18-14-2-1-3-15(10-14)26(23,24)25/h1-3,10,12,21H,4-9H2,(H,18,22)(H,23,24,25)/b13-12-. The molecule has 10 heteroatoms. The fourth-order valence-corrected chi connectivity index (χ4v) is 3.04. The summed E-state index contributed by atoms with van der Waals surface area (Å²) in [6.45, 7) is 3.35. The van der Waals surface area contributed by atoms with E-state index in [2.05, 4.69) is 10.2 Å². The maximum absolute atomic E-state index is 12.3. The van der Waals surface area contributed by atoms with Gasteiger partial charge in [0.25, 0.3) is 16.0 Å². The highest BCUT2D eigenvalue weighted by Gasteiger charge is 2.17. The lowest BCUT2D eigenvalue weighted by Crippen LogP contribution is -2.45. The van der Waals surface area contributed by atoms with Crippen molar-refractivity contribution < 1.29 is 22.9 Å². The molecule has 26 heavy (non-hydrogen) atoms. The van der Waals surface area contributed by atoms with E-state index in [0.717, 1.165) is 6.07 Å². The number of aliphatic hydroxyl groups excluding tert-OH is 1. The number of hydrogen-bond acceptors (Lipinski definition) is 7. The van der Waals surface area contributed by atoms with E-state index in [0.29, 0.717) is 32.7 Å². The van der Waals surface area contributed by atoms with Gasteiger partial charge in [-0.25, -0.2) is 0 Å². The Morgan fingerprint density at radius 3 is 2.58 bits per heavy atom. The van der Waals surface area contributed by atoms with Crippen molar-refractivity contribution in [3.8, 4) is 6.07 Å². The van der Waals surface area contributed by atoms with Crippen LogP contribution in [-0.2, 0) is 14.9 Å². The summed E-state index contributed by atoms with van der Waals surface area (Å²) >= 11 is 0.